The molecule has 1 saturated heterocycles. The molecule has 2 aromatic carbocycles. The second-order valence-corrected chi connectivity index (χ2v) is 8.25. The van der Waals surface area contributed by atoms with Crippen LogP contribution in [-0.2, 0) is 10.0 Å². The average molecular weight is 366 g/mol. The summed E-state index contributed by atoms with van der Waals surface area (Å²) in [5, 5.41) is 0. The van der Waals surface area contributed by atoms with Gasteiger partial charge in [0, 0.05) is 31.7 Å². The van der Waals surface area contributed by atoms with Crippen LogP contribution in [0.5, 0.6) is 0 Å². The van der Waals surface area contributed by atoms with Gasteiger partial charge in [0.2, 0.25) is 10.0 Å². The summed E-state index contributed by atoms with van der Waals surface area (Å²) >= 11 is 0. The number of benzene rings is 2. The predicted octanol–water partition coefficient (Wildman–Crippen LogP) is 2.95. The Kier molecular flexibility index (Phi) is 4.90. The highest BCUT2D eigenvalue weighted by Gasteiger charge is 2.34. The highest BCUT2D eigenvalue weighted by molar-refractivity contribution is 7.89. The molecular formula is C18H20F2N2O2S. The molecule has 1 atom stereocenters. The van der Waals surface area contributed by atoms with Crippen LogP contribution in [0.15, 0.2) is 47.4 Å². The Morgan fingerprint density at radius 1 is 1.04 bits per heavy atom. The average Bonchev–Trinajstić information content (AvgIpc) is 2.55. The van der Waals surface area contributed by atoms with Crippen LogP contribution in [0.4, 0.5) is 8.78 Å². The molecule has 2 aromatic rings. The number of halogens is 2. The third kappa shape index (κ3) is 3.58. The molecule has 0 amide bonds. The minimum absolute atomic E-state index is 0.118. The highest BCUT2D eigenvalue weighted by atomic mass is 32.2. The van der Waals surface area contributed by atoms with Gasteiger partial charge in [-0.3, -0.25) is 4.90 Å². The van der Waals surface area contributed by atoms with E-state index < -0.39 is 26.6 Å². The van der Waals surface area contributed by atoms with Crippen molar-refractivity contribution in [2.45, 2.75) is 17.9 Å². The van der Waals surface area contributed by atoms with E-state index in [-0.39, 0.29) is 19.1 Å². The molecule has 1 aliphatic rings. The van der Waals surface area contributed by atoms with Crippen LogP contribution in [-0.4, -0.2) is 44.3 Å². The van der Waals surface area contributed by atoms with Gasteiger partial charge >= 0.3 is 0 Å². The molecule has 0 N–H and O–H groups in total. The monoisotopic (exact) mass is 366 g/mol. The van der Waals surface area contributed by atoms with Crippen LogP contribution in [0.2, 0.25) is 0 Å². The van der Waals surface area contributed by atoms with Crippen molar-refractivity contribution in [2.75, 3.05) is 26.7 Å². The first-order chi connectivity index (χ1) is 11.8. The van der Waals surface area contributed by atoms with Gasteiger partial charge < -0.3 is 0 Å². The quantitative estimate of drug-likeness (QED) is 0.839. The minimum Gasteiger partial charge on any atom is -0.297 e. The van der Waals surface area contributed by atoms with Gasteiger partial charge in [0.05, 0.1) is 0 Å². The van der Waals surface area contributed by atoms with Crippen LogP contribution >= 0.6 is 0 Å². The number of likely N-dealkylation sites (N-methyl/N-ethyl adjacent to an activating group) is 1. The number of aryl methyl sites for hydroxylation is 1. The molecule has 0 spiro atoms. The Hall–Kier alpha value is -1.83. The maximum absolute atomic E-state index is 14.0. The van der Waals surface area contributed by atoms with Crippen molar-refractivity contribution in [1.82, 2.24) is 9.21 Å². The second-order valence-electron chi connectivity index (χ2n) is 6.34. The molecule has 0 aliphatic carbocycles. The molecule has 134 valence electrons. The first-order valence-corrected chi connectivity index (χ1v) is 9.45. The molecule has 3 rings (SSSR count). The molecule has 1 heterocycles. The van der Waals surface area contributed by atoms with Crippen molar-refractivity contribution < 1.29 is 17.2 Å². The van der Waals surface area contributed by atoms with Gasteiger partial charge in [0.1, 0.15) is 16.5 Å². The Morgan fingerprint density at radius 3 is 2.36 bits per heavy atom. The fraction of sp³-hybridized carbons (Fsp3) is 0.333. The Balaban J connectivity index is 1.90. The minimum atomic E-state index is -4.02. The van der Waals surface area contributed by atoms with Gasteiger partial charge in [-0.1, -0.05) is 29.8 Å². The van der Waals surface area contributed by atoms with Crippen molar-refractivity contribution in [2.24, 2.45) is 0 Å². The summed E-state index contributed by atoms with van der Waals surface area (Å²) in [4.78, 5) is 1.60. The SMILES string of the molecule is Cc1ccc(C2CN(S(=O)(=O)c3ccc(F)cc3F)CCN2C)cc1. The third-order valence-electron chi connectivity index (χ3n) is 4.58. The number of hydrogen-bond acceptors (Lipinski definition) is 3. The van der Waals surface area contributed by atoms with Crippen molar-refractivity contribution in [3.05, 3.63) is 65.2 Å². The molecule has 0 radical (unpaired) electrons. The normalized spacial score (nSPS) is 19.9. The summed E-state index contributed by atoms with van der Waals surface area (Å²) in [6, 6.07) is 10.3. The van der Waals surface area contributed by atoms with Crippen molar-refractivity contribution in [3.63, 3.8) is 0 Å². The van der Waals surface area contributed by atoms with Gasteiger partial charge in [0.25, 0.3) is 0 Å². The number of piperazine rings is 1. The van der Waals surface area contributed by atoms with E-state index >= 15 is 0 Å². The zero-order valence-electron chi connectivity index (χ0n) is 14.1. The summed E-state index contributed by atoms with van der Waals surface area (Å²) in [5.74, 6) is -1.86. The number of rotatable bonds is 3. The van der Waals surface area contributed by atoms with Crippen LogP contribution in [0.1, 0.15) is 17.2 Å². The standard InChI is InChI=1S/C18H20F2N2O2S/c1-13-3-5-14(6-4-13)17-12-22(10-9-21(17)2)25(23,24)18-8-7-15(19)11-16(18)20/h3-8,11,17H,9-10,12H2,1-2H3. The molecule has 0 aromatic heterocycles. The summed E-state index contributed by atoms with van der Waals surface area (Å²) < 4.78 is 54.0. The maximum atomic E-state index is 14.0. The fourth-order valence-corrected chi connectivity index (χ4v) is 4.52. The topological polar surface area (TPSA) is 40.6 Å². The van der Waals surface area contributed by atoms with Crippen LogP contribution in [0, 0.1) is 18.6 Å². The van der Waals surface area contributed by atoms with E-state index in [1.807, 2.05) is 38.2 Å². The molecule has 1 fully saturated rings. The maximum Gasteiger partial charge on any atom is 0.246 e. The third-order valence-corrected chi connectivity index (χ3v) is 6.48. The van der Waals surface area contributed by atoms with Gasteiger partial charge in [-0.2, -0.15) is 4.31 Å². The van der Waals surface area contributed by atoms with E-state index in [0.29, 0.717) is 12.6 Å². The summed E-state index contributed by atoms with van der Waals surface area (Å²) in [7, 11) is -2.08. The van der Waals surface area contributed by atoms with Gasteiger partial charge in [0.15, 0.2) is 0 Å². The molecule has 25 heavy (non-hydrogen) atoms. The summed E-state index contributed by atoms with van der Waals surface area (Å²) in [6.07, 6.45) is 0. The molecular weight excluding hydrogens is 346 g/mol. The van der Waals surface area contributed by atoms with Crippen LogP contribution < -0.4 is 0 Å². The van der Waals surface area contributed by atoms with E-state index in [1.54, 1.807) is 0 Å². The number of hydrogen-bond donors (Lipinski definition) is 0. The molecule has 7 heteroatoms. The predicted molar refractivity (Wildman–Crippen MR) is 91.7 cm³/mol. The van der Waals surface area contributed by atoms with E-state index in [4.69, 9.17) is 0 Å². The lowest BCUT2D eigenvalue weighted by molar-refractivity contribution is 0.148. The highest BCUT2D eigenvalue weighted by Crippen LogP contribution is 2.29. The lowest BCUT2D eigenvalue weighted by Gasteiger charge is -2.39. The van der Waals surface area contributed by atoms with Crippen LogP contribution in [0.25, 0.3) is 0 Å². The molecule has 1 unspecified atom stereocenters. The van der Waals surface area contributed by atoms with E-state index in [0.717, 1.165) is 23.3 Å². The molecule has 1 aliphatic heterocycles. The second kappa shape index (κ2) is 6.82. The van der Waals surface area contributed by atoms with E-state index in [9.17, 15) is 17.2 Å². The Morgan fingerprint density at radius 2 is 1.72 bits per heavy atom. The van der Waals surface area contributed by atoms with Gasteiger partial charge in [-0.25, -0.2) is 17.2 Å². The smallest absolute Gasteiger partial charge is 0.246 e. The Bertz CT molecular complexity index is 869. The number of nitrogens with zero attached hydrogens (tertiary/aromatic N) is 2. The Labute approximate surface area is 146 Å². The van der Waals surface area contributed by atoms with Crippen molar-refractivity contribution in [1.29, 1.82) is 0 Å². The first kappa shape index (κ1) is 18.0. The summed E-state index contributed by atoms with van der Waals surface area (Å²) in [5.41, 5.74) is 2.13. The van der Waals surface area contributed by atoms with Crippen LogP contribution in [0.3, 0.4) is 0 Å². The molecule has 0 bridgehead atoms. The number of sulfonamides is 1. The molecule has 0 saturated carbocycles. The largest absolute Gasteiger partial charge is 0.297 e. The van der Waals surface area contributed by atoms with E-state index in [1.165, 1.54) is 4.31 Å². The molecule has 4 nitrogen and oxygen atoms in total. The zero-order chi connectivity index (χ0) is 18.2. The first-order valence-electron chi connectivity index (χ1n) is 8.01. The summed E-state index contributed by atoms with van der Waals surface area (Å²) in [6.45, 7) is 3.00. The lowest BCUT2D eigenvalue weighted by Crippen LogP contribution is -2.49. The van der Waals surface area contributed by atoms with E-state index in [2.05, 4.69) is 4.90 Å². The van der Waals surface area contributed by atoms with Gasteiger partial charge in [-0.05, 0) is 31.7 Å². The zero-order valence-corrected chi connectivity index (χ0v) is 14.9. The van der Waals surface area contributed by atoms with Crippen molar-refractivity contribution in [3.8, 4) is 0 Å². The lowest BCUT2D eigenvalue weighted by atomic mass is 10.0. The van der Waals surface area contributed by atoms with Crippen molar-refractivity contribution >= 4 is 10.0 Å². The van der Waals surface area contributed by atoms with Gasteiger partial charge in [-0.15, -0.1) is 0 Å². The fourth-order valence-electron chi connectivity index (χ4n) is 3.04.